The second kappa shape index (κ2) is 7.42. The van der Waals surface area contributed by atoms with Crippen molar-refractivity contribution in [3.63, 3.8) is 0 Å². The van der Waals surface area contributed by atoms with Crippen molar-refractivity contribution < 1.29 is 0 Å². The second-order valence-corrected chi connectivity index (χ2v) is 6.21. The van der Waals surface area contributed by atoms with Crippen molar-refractivity contribution in [3.05, 3.63) is 71.3 Å². The molecular weight excluding hydrogens is 254 g/mol. The number of rotatable bonds is 6. The fourth-order valence-corrected chi connectivity index (χ4v) is 3.02. The summed E-state index contributed by atoms with van der Waals surface area (Å²) in [5, 5.41) is 0. The van der Waals surface area contributed by atoms with Crippen LogP contribution in [0.2, 0.25) is 0 Å². The van der Waals surface area contributed by atoms with E-state index in [0.29, 0.717) is 17.8 Å². The molecule has 0 aliphatic heterocycles. The molecule has 2 atom stereocenters. The number of hydrogen-bond donors (Lipinski definition) is 1. The van der Waals surface area contributed by atoms with E-state index in [9.17, 15) is 0 Å². The van der Waals surface area contributed by atoms with Crippen LogP contribution in [0, 0.1) is 0 Å². The molecular formula is C20H27N. The summed E-state index contributed by atoms with van der Waals surface area (Å²) in [6.07, 6.45) is 1.02. The lowest BCUT2D eigenvalue weighted by molar-refractivity contribution is 0.541. The van der Waals surface area contributed by atoms with Crippen molar-refractivity contribution in [2.24, 2.45) is 5.73 Å². The molecule has 0 aliphatic carbocycles. The van der Waals surface area contributed by atoms with Crippen LogP contribution in [0.25, 0.3) is 0 Å². The number of hydrogen-bond acceptors (Lipinski definition) is 1. The minimum absolute atomic E-state index is 0.481. The Morgan fingerprint density at radius 2 is 1.43 bits per heavy atom. The molecule has 2 aromatic rings. The summed E-state index contributed by atoms with van der Waals surface area (Å²) in [4.78, 5) is 0. The Balaban J connectivity index is 2.30. The van der Waals surface area contributed by atoms with Gasteiger partial charge >= 0.3 is 0 Å². The van der Waals surface area contributed by atoms with Crippen LogP contribution in [0.4, 0.5) is 0 Å². The Bertz CT molecular complexity index is 545. The van der Waals surface area contributed by atoms with Crippen LogP contribution >= 0.6 is 0 Å². The van der Waals surface area contributed by atoms with Crippen LogP contribution in [-0.4, -0.2) is 6.54 Å². The third kappa shape index (κ3) is 3.95. The molecule has 0 heterocycles. The van der Waals surface area contributed by atoms with Gasteiger partial charge in [-0.25, -0.2) is 0 Å². The van der Waals surface area contributed by atoms with Crippen molar-refractivity contribution in [2.45, 2.75) is 44.9 Å². The molecule has 0 radical (unpaired) electrons. The summed E-state index contributed by atoms with van der Waals surface area (Å²) in [6, 6.07) is 19.8. The van der Waals surface area contributed by atoms with Crippen LogP contribution in [0.1, 0.15) is 61.6 Å². The van der Waals surface area contributed by atoms with Crippen molar-refractivity contribution in [3.8, 4) is 0 Å². The van der Waals surface area contributed by atoms with Crippen LogP contribution in [-0.2, 0) is 0 Å². The van der Waals surface area contributed by atoms with E-state index in [2.05, 4.69) is 75.4 Å². The van der Waals surface area contributed by atoms with Gasteiger partial charge in [0.1, 0.15) is 0 Å². The lowest BCUT2D eigenvalue weighted by atomic mass is 9.80. The molecule has 1 nitrogen and oxygen atoms in total. The minimum atomic E-state index is 0.481. The summed E-state index contributed by atoms with van der Waals surface area (Å²) < 4.78 is 0. The van der Waals surface area contributed by atoms with Gasteiger partial charge in [0.25, 0.3) is 0 Å². The van der Waals surface area contributed by atoms with Crippen LogP contribution < -0.4 is 5.73 Å². The molecule has 0 spiro atoms. The van der Waals surface area contributed by atoms with Crippen LogP contribution in [0.15, 0.2) is 54.6 Å². The van der Waals surface area contributed by atoms with Crippen molar-refractivity contribution in [2.75, 3.05) is 6.54 Å². The molecule has 0 saturated carbocycles. The van der Waals surface area contributed by atoms with E-state index in [0.717, 1.165) is 13.0 Å². The van der Waals surface area contributed by atoms with Gasteiger partial charge in [-0.05, 0) is 47.4 Å². The Hall–Kier alpha value is -1.60. The molecule has 112 valence electrons. The number of nitrogens with two attached hydrogens (primary N) is 1. The van der Waals surface area contributed by atoms with Crippen molar-refractivity contribution in [1.82, 2.24) is 0 Å². The second-order valence-electron chi connectivity index (χ2n) is 6.21. The predicted molar refractivity (Wildman–Crippen MR) is 91.8 cm³/mol. The largest absolute Gasteiger partial charge is 0.330 e. The highest BCUT2D eigenvalue weighted by molar-refractivity contribution is 5.32. The van der Waals surface area contributed by atoms with Gasteiger partial charge < -0.3 is 5.73 Å². The van der Waals surface area contributed by atoms with E-state index in [1.807, 2.05) is 0 Å². The summed E-state index contributed by atoms with van der Waals surface area (Å²) in [5.41, 5.74) is 10.1. The summed E-state index contributed by atoms with van der Waals surface area (Å²) in [5.74, 6) is 1.54. The Kier molecular flexibility index (Phi) is 5.58. The van der Waals surface area contributed by atoms with Crippen LogP contribution in [0.3, 0.4) is 0 Å². The third-order valence-corrected chi connectivity index (χ3v) is 4.41. The quantitative estimate of drug-likeness (QED) is 0.788. The Labute approximate surface area is 129 Å². The Morgan fingerprint density at radius 3 is 2.05 bits per heavy atom. The summed E-state index contributed by atoms with van der Waals surface area (Å²) in [6.45, 7) is 7.55. The average Bonchev–Trinajstić information content (AvgIpc) is 2.53. The maximum absolute atomic E-state index is 5.86. The monoisotopic (exact) mass is 281 g/mol. The normalized spacial score (nSPS) is 14.1. The lowest BCUT2D eigenvalue weighted by Gasteiger charge is -2.25. The van der Waals surface area contributed by atoms with E-state index < -0.39 is 0 Å². The lowest BCUT2D eigenvalue weighted by Crippen LogP contribution is -2.14. The highest BCUT2D eigenvalue weighted by Gasteiger charge is 2.20. The van der Waals surface area contributed by atoms with Gasteiger partial charge in [0.05, 0.1) is 0 Å². The van der Waals surface area contributed by atoms with E-state index >= 15 is 0 Å². The topological polar surface area (TPSA) is 26.0 Å². The smallest absolute Gasteiger partial charge is 0.00712 e. The fourth-order valence-electron chi connectivity index (χ4n) is 3.02. The van der Waals surface area contributed by atoms with E-state index in [4.69, 9.17) is 5.73 Å². The summed E-state index contributed by atoms with van der Waals surface area (Å²) in [7, 11) is 0. The van der Waals surface area contributed by atoms with Gasteiger partial charge in [-0.1, -0.05) is 75.4 Å². The maximum atomic E-state index is 5.86. The molecule has 2 N–H and O–H groups in total. The first-order chi connectivity index (χ1) is 10.1. The molecule has 21 heavy (non-hydrogen) atoms. The number of benzene rings is 2. The first-order valence-corrected chi connectivity index (χ1v) is 7.98. The molecule has 2 unspecified atom stereocenters. The third-order valence-electron chi connectivity index (χ3n) is 4.41. The van der Waals surface area contributed by atoms with Gasteiger partial charge in [-0.15, -0.1) is 0 Å². The molecule has 0 bridgehead atoms. The average molecular weight is 281 g/mol. The van der Waals surface area contributed by atoms with Gasteiger partial charge in [0.15, 0.2) is 0 Å². The molecule has 0 saturated heterocycles. The van der Waals surface area contributed by atoms with Gasteiger partial charge in [-0.2, -0.15) is 0 Å². The van der Waals surface area contributed by atoms with E-state index in [1.54, 1.807) is 0 Å². The van der Waals surface area contributed by atoms with Gasteiger partial charge in [0.2, 0.25) is 0 Å². The first-order valence-electron chi connectivity index (χ1n) is 7.98. The zero-order chi connectivity index (χ0) is 15.2. The molecule has 2 rings (SSSR count). The Morgan fingerprint density at radius 1 is 0.810 bits per heavy atom. The van der Waals surface area contributed by atoms with E-state index in [-0.39, 0.29) is 0 Å². The minimum Gasteiger partial charge on any atom is -0.330 e. The van der Waals surface area contributed by atoms with Crippen molar-refractivity contribution >= 4 is 0 Å². The van der Waals surface area contributed by atoms with Gasteiger partial charge in [-0.3, -0.25) is 0 Å². The first kappa shape index (κ1) is 15.8. The highest BCUT2D eigenvalue weighted by atomic mass is 14.5. The van der Waals surface area contributed by atoms with E-state index in [1.165, 1.54) is 16.7 Å². The fraction of sp³-hybridized carbons (Fsp3) is 0.400. The molecule has 0 fully saturated rings. The molecule has 2 aromatic carbocycles. The maximum Gasteiger partial charge on any atom is -0.00712 e. The summed E-state index contributed by atoms with van der Waals surface area (Å²) >= 11 is 0. The molecule has 0 amide bonds. The molecule has 0 aliphatic rings. The van der Waals surface area contributed by atoms with Gasteiger partial charge in [0, 0.05) is 0 Å². The highest BCUT2D eigenvalue weighted by Crippen LogP contribution is 2.35. The molecule has 0 aromatic heterocycles. The zero-order valence-corrected chi connectivity index (χ0v) is 13.4. The standard InChI is InChI=1S/C20H27N/c1-15(2)18-10-7-11-19(14-18)16(3)20(12-13-21)17-8-5-4-6-9-17/h4-11,14-16,20H,12-13,21H2,1-3H3. The zero-order valence-electron chi connectivity index (χ0n) is 13.4. The predicted octanol–water partition coefficient (Wildman–Crippen LogP) is 5.05. The van der Waals surface area contributed by atoms with Crippen LogP contribution in [0.5, 0.6) is 0 Å². The van der Waals surface area contributed by atoms with Crippen molar-refractivity contribution in [1.29, 1.82) is 0 Å². The molecule has 1 heteroatoms. The SMILES string of the molecule is CC(C)c1cccc(C(C)C(CCN)c2ccccc2)c1.